The largest absolute Gasteiger partial charge is 0.399 e. The second-order valence-corrected chi connectivity index (χ2v) is 6.92. The molecule has 2 aromatic rings. The molecule has 5 nitrogen and oxygen atoms in total. The Balaban J connectivity index is 2.37. The summed E-state index contributed by atoms with van der Waals surface area (Å²) in [5.41, 5.74) is 6.45. The molecule has 110 valence electrons. The van der Waals surface area contributed by atoms with Crippen molar-refractivity contribution in [2.75, 3.05) is 17.3 Å². The van der Waals surface area contributed by atoms with Gasteiger partial charge in [0.25, 0.3) is 5.91 Å². The average Bonchev–Trinajstić information content (AvgIpc) is 2.37. The van der Waals surface area contributed by atoms with Crippen LogP contribution in [0, 0.1) is 0 Å². The Morgan fingerprint density at radius 2 is 1.86 bits per heavy atom. The van der Waals surface area contributed by atoms with E-state index in [0.717, 1.165) is 6.26 Å². The van der Waals surface area contributed by atoms with Crippen LogP contribution in [0.4, 0.5) is 11.4 Å². The van der Waals surface area contributed by atoms with E-state index < -0.39 is 15.7 Å². The summed E-state index contributed by atoms with van der Waals surface area (Å²) in [6, 6.07) is 10.6. The number of nitrogen functional groups attached to an aromatic ring is 1. The zero-order chi connectivity index (χ0) is 15.6. The number of anilines is 2. The molecule has 0 aliphatic rings. The second-order valence-electron chi connectivity index (χ2n) is 4.50. The highest BCUT2D eigenvalue weighted by atomic mass is 35.5. The van der Waals surface area contributed by atoms with Crippen LogP contribution in [0.15, 0.2) is 47.4 Å². The Labute approximate surface area is 127 Å². The van der Waals surface area contributed by atoms with Gasteiger partial charge in [0.05, 0.1) is 10.6 Å². The number of nitrogens with one attached hydrogen (secondary N) is 1. The maximum Gasteiger partial charge on any atom is 0.255 e. The standard InChI is InChI=1S/C14H13ClN2O3S/c1-21(19,20)13-5-3-2-4-12(13)17-14(18)9-6-10(15)8-11(16)7-9/h2-8H,16H2,1H3,(H,17,18). The third-order valence-electron chi connectivity index (χ3n) is 2.72. The number of carbonyl (C=O) groups is 1. The summed E-state index contributed by atoms with van der Waals surface area (Å²) in [6.45, 7) is 0. The molecule has 21 heavy (non-hydrogen) atoms. The van der Waals surface area contributed by atoms with Gasteiger partial charge in [-0.15, -0.1) is 0 Å². The highest BCUT2D eigenvalue weighted by Crippen LogP contribution is 2.22. The van der Waals surface area contributed by atoms with Crippen LogP contribution in [0.5, 0.6) is 0 Å². The molecule has 0 fully saturated rings. The van der Waals surface area contributed by atoms with Gasteiger partial charge in [-0.3, -0.25) is 4.79 Å². The lowest BCUT2D eigenvalue weighted by Crippen LogP contribution is -2.14. The van der Waals surface area contributed by atoms with Gasteiger partial charge in [-0.1, -0.05) is 23.7 Å². The van der Waals surface area contributed by atoms with Crippen LogP contribution in [0.25, 0.3) is 0 Å². The molecule has 0 heterocycles. The van der Waals surface area contributed by atoms with Gasteiger partial charge in [-0.25, -0.2) is 8.42 Å². The van der Waals surface area contributed by atoms with Crippen LogP contribution >= 0.6 is 11.6 Å². The molecule has 0 aliphatic heterocycles. The van der Waals surface area contributed by atoms with E-state index in [-0.39, 0.29) is 16.1 Å². The zero-order valence-electron chi connectivity index (χ0n) is 11.1. The maximum atomic E-state index is 12.2. The smallest absolute Gasteiger partial charge is 0.255 e. The molecule has 3 N–H and O–H groups in total. The molecule has 0 bridgehead atoms. The highest BCUT2D eigenvalue weighted by Gasteiger charge is 2.15. The molecule has 0 aliphatic carbocycles. The van der Waals surface area contributed by atoms with E-state index >= 15 is 0 Å². The van der Waals surface area contributed by atoms with Crippen molar-refractivity contribution in [3.05, 3.63) is 53.1 Å². The summed E-state index contributed by atoms with van der Waals surface area (Å²) in [6.07, 6.45) is 1.08. The predicted molar refractivity (Wildman–Crippen MR) is 83.4 cm³/mol. The van der Waals surface area contributed by atoms with Gasteiger partial charge in [-0.05, 0) is 30.3 Å². The van der Waals surface area contributed by atoms with Crippen LogP contribution in [0.1, 0.15) is 10.4 Å². The molecule has 0 unspecified atom stereocenters. The third-order valence-corrected chi connectivity index (χ3v) is 4.09. The van der Waals surface area contributed by atoms with Crippen molar-refractivity contribution in [1.82, 2.24) is 0 Å². The minimum absolute atomic E-state index is 0.0494. The first kappa shape index (κ1) is 15.3. The Morgan fingerprint density at radius 1 is 1.19 bits per heavy atom. The summed E-state index contributed by atoms with van der Waals surface area (Å²) in [5.74, 6) is -0.486. The lowest BCUT2D eigenvalue weighted by molar-refractivity contribution is 0.102. The van der Waals surface area contributed by atoms with Crippen LogP contribution in [-0.4, -0.2) is 20.6 Å². The molecule has 0 atom stereocenters. The molecule has 0 radical (unpaired) electrons. The minimum atomic E-state index is -3.44. The summed E-state index contributed by atoms with van der Waals surface area (Å²) < 4.78 is 23.4. The summed E-state index contributed by atoms with van der Waals surface area (Å²) >= 11 is 5.85. The molecule has 0 spiro atoms. The number of amides is 1. The minimum Gasteiger partial charge on any atom is -0.399 e. The number of hydrogen-bond acceptors (Lipinski definition) is 4. The Hall–Kier alpha value is -2.05. The highest BCUT2D eigenvalue weighted by molar-refractivity contribution is 7.90. The Bertz CT molecular complexity index is 783. The quantitative estimate of drug-likeness (QED) is 0.849. The monoisotopic (exact) mass is 324 g/mol. The third kappa shape index (κ3) is 3.74. The first-order chi connectivity index (χ1) is 9.77. The van der Waals surface area contributed by atoms with E-state index in [4.69, 9.17) is 17.3 Å². The molecule has 1 amide bonds. The number of benzene rings is 2. The topological polar surface area (TPSA) is 89.3 Å². The normalized spacial score (nSPS) is 11.1. The summed E-state index contributed by atoms with van der Waals surface area (Å²) in [4.78, 5) is 12.2. The van der Waals surface area contributed by atoms with Crippen LogP contribution in [0.2, 0.25) is 5.02 Å². The molecule has 2 rings (SSSR count). The van der Waals surface area contributed by atoms with Crippen LogP contribution < -0.4 is 11.1 Å². The van der Waals surface area contributed by atoms with Gasteiger partial charge < -0.3 is 11.1 Å². The van der Waals surface area contributed by atoms with Crippen molar-refractivity contribution in [3.8, 4) is 0 Å². The second kappa shape index (κ2) is 5.75. The fourth-order valence-electron chi connectivity index (χ4n) is 1.83. The van der Waals surface area contributed by atoms with Crippen molar-refractivity contribution in [3.63, 3.8) is 0 Å². The van der Waals surface area contributed by atoms with E-state index in [1.54, 1.807) is 12.1 Å². The van der Waals surface area contributed by atoms with E-state index in [0.29, 0.717) is 10.7 Å². The number of rotatable bonds is 3. The average molecular weight is 325 g/mol. The van der Waals surface area contributed by atoms with E-state index in [1.165, 1.54) is 30.3 Å². The molecule has 0 saturated heterocycles. The maximum absolute atomic E-state index is 12.2. The number of nitrogens with two attached hydrogens (primary N) is 1. The number of para-hydroxylation sites is 1. The predicted octanol–water partition coefficient (Wildman–Crippen LogP) is 2.58. The molecule has 0 aromatic heterocycles. The van der Waals surface area contributed by atoms with Crippen molar-refractivity contribution in [2.45, 2.75) is 4.90 Å². The molecule has 7 heteroatoms. The van der Waals surface area contributed by atoms with Gasteiger partial charge >= 0.3 is 0 Å². The van der Waals surface area contributed by atoms with Gasteiger partial charge in [0, 0.05) is 22.5 Å². The van der Waals surface area contributed by atoms with Gasteiger partial charge in [0.1, 0.15) is 0 Å². The Morgan fingerprint density at radius 3 is 2.48 bits per heavy atom. The molecular weight excluding hydrogens is 312 g/mol. The lowest BCUT2D eigenvalue weighted by Gasteiger charge is -2.10. The number of carbonyl (C=O) groups excluding carboxylic acids is 1. The lowest BCUT2D eigenvalue weighted by atomic mass is 10.2. The Kier molecular flexibility index (Phi) is 4.20. The van der Waals surface area contributed by atoms with Gasteiger partial charge in [0.15, 0.2) is 9.84 Å². The van der Waals surface area contributed by atoms with Crippen molar-refractivity contribution in [1.29, 1.82) is 0 Å². The molecule has 0 saturated carbocycles. The SMILES string of the molecule is CS(=O)(=O)c1ccccc1NC(=O)c1cc(N)cc(Cl)c1. The first-order valence-corrected chi connectivity index (χ1v) is 8.21. The van der Waals surface area contributed by atoms with Gasteiger partial charge in [0.2, 0.25) is 0 Å². The summed E-state index contributed by atoms with van der Waals surface area (Å²) in [5, 5.41) is 2.89. The number of hydrogen-bond donors (Lipinski definition) is 2. The van der Waals surface area contributed by atoms with Crippen LogP contribution in [-0.2, 0) is 9.84 Å². The molecule has 2 aromatic carbocycles. The summed E-state index contributed by atoms with van der Waals surface area (Å²) in [7, 11) is -3.44. The number of sulfone groups is 1. The molecular formula is C14H13ClN2O3S. The zero-order valence-corrected chi connectivity index (χ0v) is 12.7. The van der Waals surface area contributed by atoms with Crippen molar-refractivity contribution < 1.29 is 13.2 Å². The van der Waals surface area contributed by atoms with E-state index in [2.05, 4.69) is 5.32 Å². The first-order valence-electron chi connectivity index (χ1n) is 5.94. The van der Waals surface area contributed by atoms with Crippen LogP contribution in [0.3, 0.4) is 0 Å². The van der Waals surface area contributed by atoms with Crippen molar-refractivity contribution in [2.24, 2.45) is 0 Å². The fourth-order valence-corrected chi connectivity index (χ4v) is 2.92. The number of halogens is 1. The van der Waals surface area contributed by atoms with Gasteiger partial charge in [-0.2, -0.15) is 0 Å². The van der Waals surface area contributed by atoms with Crippen molar-refractivity contribution >= 4 is 38.7 Å². The fraction of sp³-hybridized carbons (Fsp3) is 0.0714. The van der Waals surface area contributed by atoms with E-state index in [1.807, 2.05) is 0 Å². The van der Waals surface area contributed by atoms with E-state index in [9.17, 15) is 13.2 Å².